The van der Waals surface area contributed by atoms with Crippen molar-refractivity contribution >= 4 is 40.3 Å². The average Bonchev–Trinajstić information content (AvgIpc) is 2.63. The SMILES string of the molecule is CCOc1ccc(C(=O)NC(=S)Nc2cc([N+](=O)[O-])ccc2O)cc1[N+](=O)[O-]. The van der Waals surface area contributed by atoms with Crippen LogP contribution in [-0.2, 0) is 0 Å². The monoisotopic (exact) mass is 406 g/mol. The topological polar surface area (TPSA) is 157 Å². The highest BCUT2D eigenvalue weighted by molar-refractivity contribution is 7.80. The molecule has 1 amide bonds. The van der Waals surface area contributed by atoms with Crippen molar-refractivity contribution in [1.29, 1.82) is 0 Å². The Morgan fingerprint density at radius 1 is 1.18 bits per heavy atom. The highest BCUT2D eigenvalue weighted by atomic mass is 32.1. The van der Waals surface area contributed by atoms with E-state index in [0.29, 0.717) is 0 Å². The molecule has 11 nitrogen and oxygen atoms in total. The summed E-state index contributed by atoms with van der Waals surface area (Å²) >= 11 is 4.95. The number of phenols is 1. The number of hydrogen-bond donors (Lipinski definition) is 3. The largest absolute Gasteiger partial charge is 0.506 e. The Labute approximate surface area is 163 Å². The summed E-state index contributed by atoms with van der Waals surface area (Å²) in [6, 6.07) is 6.88. The van der Waals surface area contributed by atoms with Crippen molar-refractivity contribution in [1.82, 2.24) is 5.32 Å². The minimum atomic E-state index is -0.756. The van der Waals surface area contributed by atoms with E-state index >= 15 is 0 Å². The Morgan fingerprint density at radius 3 is 2.50 bits per heavy atom. The summed E-state index contributed by atoms with van der Waals surface area (Å²) in [7, 11) is 0. The third kappa shape index (κ3) is 4.88. The van der Waals surface area contributed by atoms with Crippen LogP contribution in [0.1, 0.15) is 17.3 Å². The molecule has 0 bridgehead atoms. The third-order valence-corrected chi connectivity index (χ3v) is 3.59. The van der Waals surface area contributed by atoms with Gasteiger partial charge in [0.1, 0.15) is 5.75 Å². The van der Waals surface area contributed by atoms with Gasteiger partial charge in [-0.05, 0) is 37.3 Å². The number of thiocarbonyl (C=S) groups is 1. The number of amides is 1. The molecular weight excluding hydrogens is 392 g/mol. The second-order valence-electron chi connectivity index (χ2n) is 5.24. The lowest BCUT2D eigenvalue weighted by Crippen LogP contribution is -2.34. The summed E-state index contributed by atoms with van der Waals surface area (Å²) < 4.78 is 5.14. The smallest absolute Gasteiger partial charge is 0.311 e. The molecule has 0 saturated heterocycles. The van der Waals surface area contributed by atoms with Gasteiger partial charge in [-0.25, -0.2) is 0 Å². The fourth-order valence-corrected chi connectivity index (χ4v) is 2.35. The van der Waals surface area contributed by atoms with Gasteiger partial charge in [-0.2, -0.15) is 0 Å². The molecule has 0 unspecified atom stereocenters. The summed E-state index contributed by atoms with van der Waals surface area (Å²) in [5.74, 6) is -1.06. The maximum atomic E-state index is 12.3. The van der Waals surface area contributed by atoms with Gasteiger partial charge < -0.3 is 15.2 Å². The van der Waals surface area contributed by atoms with Gasteiger partial charge in [0, 0.05) is 23.8 Å². The highest BCUT2D eigenvalue weighted by Gasteiger charge is 2.19. The molecule has 12 heteroatoms. The van der Waals surface area contributed by atoms with Crippen molar-refractivity contribution in [2.75, 3.05) is 11.9 Å². The normalized spacial score (nSPS) is 10.0. The molecule has 28 heavy (non-hydrogen) atoms. The van der Waals surface area contributed by atoms with Gasteiger partial charge in [-0.15, -0.1) is 0 Å². The minimum Gasteiger partial charge on any atom is -0.506 e. The molecule has 0 spiro atoms. The Morgan fingerprint density at radius 2 is 1.89 bits per heavy atom. The van der Waals surface area contributed by atoms with E-state index in [1.807, 2.05) is 0 Å². The zero-order valence-electron chi connectivity index (χ0n) is 14.4. The number of rotatable bonds is 6. The molecule has 3 N–H and O–H groups in total. The number of phenolic OH excluding ortho intramolecular Hbond substituents is 1. The van der Waals surface area contributed by atoms with Crippen LogP contribution in [0.5, 0.6) is 11.5 Å². The fourth-order valence-electron chi connectivity index (χ4n) is 2.15. The summed E-state index contributed by atoms with van der Waals surface area (Å²) in [5, 5.41) is 36.2. The molecule has 0 heterocycles. The van der Waals surface area contributed by atoms with Crippen LogP contribution in [-0.4, -0.2) is 32.6 Å². The minimum absolute atomic E-state index is 0.0197. The molecule has 0 saturated carbocycles. The second kappa shape index (κ2) is 8.73. The van der Waals surface area contributed by atoms with Gasteiger partial charge >= 0.3 is 5.69 Å². The Bertz CT molecular complexity index is 964. The quantitative estimate of drug-likeness (QED) is 0.284. The summed E-state index contributed by atoms with van der Waals surface area (Å²) in [5.41, 5.74) is -0.819. The molecule has 2 aromatic carbocycles. The lowest BCUT2D eigenvalue weighted by molar-refractivity contribution is -0.385. The van der Waals surface area contributed by atoms with E-state index in [-0.39, 0.29) is 45.8 Å². The highest BCUT2D eigenvalue weighted by Crippen LogP contribution is 2.29. The Kier molecular flexibility index (Phi) is 6.39. The first kappa shape index (κ1) is 20.5. The number of anilines is 1. The molecular formula is C16H14N4O7S. The number of ether oxygens (including phenoxy) is 1. The van der Waals surface area contributed by atoms with Crippen molar-refractivity contribution in [3.8, 4) is 11.5 Å². The number of nitro benzene ring substituents is 2. The molecule has 0 radical (unpaired) electrons. The van der Waals surface area contributed by atoms with Gasteiger partial charge in [0.2, 0.25) is 0 Å². The van der Waals surface area contributed by atoms with E-state index in [4.69, 9.17) is 17.0 Å². The molecule has 0 aliphatic heterocycles. The van der Waals surface area contributed by atoms with Crippen LogP contribution in [0.4, 0.5) is 17.1 Å². The zero-order chi connectivity index (χ0) is 20.8. The van der Waals surface area contributed by atoms with E-state index in [9.17, 15) is 30.1 Å². The number of non-ortho nitro benzene ring substituents is 1. The van der Waals surface area contributed by atoms with Crippen molar-refractivity contribution in [2.24, 2.45) is 0 Å². The van der Waals surface area contributed by atoms with E-state index in [2.05, 4.69) is 10.6 Å². The van der Waals surface area contributed by atoms with Crippen LogP contribution in [0.15, 0.2) is 36.4 Å². The van der Waals surface area contributed by atoms with Gasteiger partial charge in [0.05, 0.1) is 22.1 Å². The molecule has 146 valence electrons. The standard InChI is InChI=1S/C16H14N4O7S/c1-2-27-14-6-3-9(7-12(14)20(25)26)15(22)18-16(28)17-11-8-10(19(23)24)4-5-13(11)21/h3-8,21H,2H2,1H3,(H2,17,18,22,28). The molecule has 2 rings (SSSR count). The lowest BCUT2D eigenvalue weighted by Gasteiger charge is -2.11. The zero-order valence-corrected chi connectivity index (χ0v) is 15.2. The lowest BCUT2D eigenvalue weighted by atomic mass is 10.1. The van der Waals surface area contributed by atoms with Gasteiger partial charge in [-0.1, -0.05) is 0 Å². The van der Waals surface area contributed by atoms with E-state index in [1.165, 1.54) is 12.1 Å². The van der Waals surface area contributed by atoms with Crippen LogP contribution in [0, 0.1) is 20.2 Å². The number of nitro groups is 2. The number of nitrogens with zero attached hydrogens (tertiary/aromatic N) is 2. The van der Waals surface area contributed by atoms with Crippen LogP contribution in [0.25, 0.3) is 0 Å². The first-order chi connectivity index (χ1) is 13.2. The number of benzene rings is 2. The number of aromatic hydroxyl groups is 1. The summed E-state index contributed by atoms with van der Waals surface area (Å²) in [6.45, 7) is 1.88. The molecule has 0 aliphatic carbocycles. The molecule has 0 atom stereocenters. The molecule has 0 aliphatic rings. The maximum absolute atomic E-state index is 12.3. The average molecular weight is 406 g/mol. The fraction of sp³-hybridized carbons (Fsp3) is 0.125. The number of carbonyl (C=O) groups is 1. The van der Waals surface area contributed by atoms with E-state index in [1.54, 1.807) is 6.92 Å². The number of nitrogens with one attached hydrogen (secondary N) is 2. The van der Waals surface area contributed by atoms with Gasteiger partial charge in [-0.3, -0.25) is 30.3 Å². The van der Waals surface area contributed by atoms with Crippen molar-refractivity contribution in [3.05, 3.63) is 62.2 Å². The Balaban J connectivity index is 2.16. The summed E-state index contributed by atoms with van der Waals surface area (Å²) in [6.07, 6.45) is 0. The van der Waals surface area contributed by atoms with Crippen molar-refractivity contribution in [2.45, 2.75) is 6.92 Å². The first-order valence-corrected chi connectivity index (χ1v) is 8.14. The third-order valence-electron chi connectivity index (χ3n) is 3.38. The van der Waals surface area contributed by atoms with Crippen LogP contribution < -0.4 is 15.4 Å². The first-order valence-electron chi connectivity index (χ1n) is 7.74. The van der Waals surface area contributed by atoms with Crippen molar-refractivity contribution in [3.63, 3.8) is 0 Å². The molecule has 0 aromatic heterocycles. The van der Waals surface area contributed by atoms with Gasteiger partial charge in [0.25, 0.3) is 11.6 Å². The predicted octanol–water partition coefficient (Wildman–Crippen LogP) is 2.73. The Hall–Kier alpha value is -3.80. The van der Waals surface area contributed by atoms with Crippen LogP contribution >= 0.6 is 12.2 Å². The maximum Gasteiger partial charge on any atom is 0.311 e. The van der Waals surface area contributed by atoms with E-state index < -0.39 is 15.8 Å². The number of hydrogen-bond acceptors (Lipinski definition) is 8. The van der Waals surface area contributed by atoms with Crippen LogP contribution in [0.2, 0.25) is 0 Å². The summed E-state index contributed by atoms with van der Waals surface area (Å²) in [4.78, 5) is 32.9. The second-order valence-corrected chi connectivity index (χ2v) is 5.65. The molecule has 0 fully saturated rings. The van der Waals surface area contributed by atoms with Gasteiger partial charge in [0.15, 0.2) is 10.9 Å². The number of carbonyl (C=O) groups excluding carboxylic acids is 1. The van der Waals surface area contributed by atoms with E-state index in [0.717, 1.165) is 24.3 Å². The van der Waals surface area contributed by atoms with Crippen LogP contribution in [0.3, 0.4) is 0 Å². The molecule has 2 aromatic rings. The predicted molar refractivity (Wildman–Crippen MR) is 103 cm³/mol. The van der Waals surface area contributed by atoms with Crippen molar-refractivity contribution < 1.29 is 24.5 Å².